The standard InChI is InChI=1S/C29H35FN6O3/c1-19-16-22(11-12-24(19)30)33-26-13-14-31-27(35-26)34-21-9-7-20(8-10-21)25(37)17-32-23-6-5-15-36(18-23)28(38)39-29(2,3)4/h7-14,16,23,32H,5-6,15,17-18H2,1-4H3,(H2,31,33,34,35). The Morgan fingerprint density at radius 2 is 1.82 bits per heavy atom. The van der Waals surface area contributed by atoms with E-state index in [4.69, 9.17) is 4.74 Å². The molecule has 2 aromatic carbocycles. The maximum Gasteiger partial charge on any atom is 0.410 e. The summed E-state index contributed by atoms with van der Waals surface area (Å²) in [6.07, 6.45) is 3.05. The van der Waals surface area contributed by atoms with Gasteiger partial charge in [-0.1, -0.05) is 0 Å². The number of hydrogen-bond acceptors (Lipinski definition) is 8. The molecule has 2 heterocycles. The van der Waals surface area contributed by atoms with Crippen molar-refractivity contribution < 1.29 is 18.7 Å². The molecule has 0 radical (unpaired) electrons. The Morgan fingerprint density at radius 1 is 1.08 bits per heavy atom. The highest BCUT2D eigenvalue weighted by atomic mass is 19.1. The van der Waals surface area contributed by atoms with Gasteiger partial charge < -0.3 is 25.6 Å². The summed E-state index contributed by atoms with van der Waals surface area (Å²) in [6.45, 7) is 8.60. The van der Waals surface area contributed by atoms with Crippen LogP contribution in [0.1, 0.15) is 49.5 Å². The number of piperidine rings is 1. The lowest BCUT2D eigenvalue weighted by molar-refractivity contribution is 0.0188. The first-order valence-corrected chi connectivity index (χ1v) is 13.0. The van der Waals surface area contributed by atoms with E-state index in [2.05, 4.69) is 25.9 Å². The molecule has 1 atom stereocenters. The SMILES string of the molecule is Cc1cc(Nc2ccnc(Nc3ccc(C(=O)CNC4CCCN(C(=O)OC(C)(C)C)C4)cc3)n2)ccc1F. The molecule has 0 bridgehead atoms. The van der Waals surface area contributed by atoms with Crippen LogP contribution in [-0.4, -0.2) is 58.0 Å². The quantitative estimate of drug-likeness (QED) is 0.321. The van der Waals surface area contributed by atoms with Crippen molar-refractivity contribution in [1.29, 1.82) is 0 Å². The van der Waals surface area contributed by atoms with Gasteiger partial charge in [0, 0.05) is 42.3 Å². The lowest BCUT2D eigenvalue weighted by Crippen LogP contribution is -2.50. The largest absolute Gasteiger partial charge is 0.444 e. The first-order valence-electron chi connectivity index (χ1n) is 13.0. The van der Waals surface area contributed by atoms with Crippen LogP contribution in [0.2, 0.25) is 0 Å². The van der Waals surface area contributed by atoms with Crippen LogP contribution in [0.15, 0.2) is 54.7 Å². The van der Waals surface area contributed by atoms with Gasteiger partial charge in [-0.3, -0.25) is 4.79 Å². The number of carbonyl (C=O) groups excluding carboxylic acids is 2. The van der Waals surface area contributed by atoms with Gasteiger partial charge in [0.2, 0.25) is 5.95 Å². The summed E-state index contributed by atoms with van der Waals surface area (Å²) in [5.41, 5.74) is 2.04. The molecule has 0 aliphatic carbocycles. The predicted octanol–water partition coefficient (Wildman–Crippen LogP) is 5.58. The van der Waals surface area contributed by atoms with Crippen LogP contribution in [0, 0.1) is 12.7 Å². The van der Waals surface area contributed by atoms with E-state index in [1.807, 2.05) is 20.8 Å². The summed E-state index contributed by atoms with van der Waals surface area (Å²) in [4.78, 5) is 35.6. The van der Waals surface area contributed by atoms with Crippen molar-refractivity contribution in [2.24, 2.45) is 0 Å². The second-order valence-corrected chi connectivity index (χ2v) is 10.6. The summed E-state index contributed by atoms with van der Waals surface area (Å²) < 4.78 is 19.0. The zero-order chi connectivity index (χ0) is 28.0. The van der Waals surface area contributed by atoms with Crippen molar-refractivity contribution in [3.63, 3.8) is 0 Å². The van der Waals surface area contributed by atoms with Gasteiger partial charge in [0.05, 0.1) is 6.54 Å². The molecule has 4 rings (SSSR count). The topological polar surface area (TPSA) is 108 Å². The Hall–Kier alpha value is -4.05. The molecular weight excluding hydrogens is 499 g/mol. The first-order chi connectivity index (χ1) is 18.6. The van der Waals surface area contributed by atoms with Crippen molar-refractivity contribution in [2.75, 3.05) is 30.3 Å². The minimum Gasteiger partial charge on any atom is -0.444 e. The number of amides is 1. The maximum absolute atomic E-state index is 13.5. The number of anilines is 4. The molecule has 1 aromatic heterocycles. The molecule has 1 saturated heterocycles. The van der Waals surface area contributed by atoms with E-state index < -0.39 is 5.60 Å². The molecule has 0 spiro atoms. The molecule has 9 nitrogen and oxygen atoms in total. The summed E-state index contributed by atoms with van der Waals surface area (Å²) in [5, 5.41) is 9.57. The van der Waals surface area contributed by atoms with E-state index in [-0.39, 0.29) is 30.3 Å². The summed E-state index contributed by atoms with van der Waals surface area (Å²) >= 11 is 0. The average molecular weight is 535 g/mol. The van der Waals surface area contributed by atoms with Gasteiger partial charge in [0.25, 0.3) is 0 Å². The van der Waals surface area contributed by atoms with Gasteiger partial charge in [0.1, 0.15) is 17.2 Å². The van der Waals surface area contributed by atoms with Gasteiger partial charge in [-0.05, 0) is 94.6 Å². The van der Waals surface area contributed by atoms with E-state index >= 15 is 0 Å². The molecule has 1 aliphatic rings. The van der Waals surface area contributed by atoms with Crippen molar-refractivity contribution in [1.82, 2.24) is 20.2 Å². The highest BCUT2D eigenvalue weighted by molar-refractivity contribution is 5.98. The minimum atomic E-state index is -0.538. The monoisotopic (exact) mass is 534 g/mol. The zero-order valence-electron chi connectivity index (χ0n) is 22.8. The van der Waals surface area contributed by atoms with Crippen molar-refractivity contribution in [2.45, 2.75) is 52.2 Å². The lowest BCUT2D eigenvalue weighted by atomic mass is 10.1. The second kappa shape index (κ2) is 12.2. The number of aromatic nitrogens is 2. The third-order valence-electron chi connectivity index (χ3n) is 6.17. The van der Waals surface area contributed by atoms with Crippen molar-refractivity contribution >= 4 is 35.0 Å². The highest BCUT2D eigenvalue weighted by Crippen LogP contribution is 2.20. The van der Waals surface area contributed by atoms with Crippen molar-refractivity contribution in [3.05, 3.63) is 71.7 Å². The van der Waals surface area contributed by atoms with Gasteiger partial charge in [-0.15, -0.1) is 0 Å². The van der Waals surface area contributed by atoms with E-state index in [0.717, 1.165) is 24.2 Å². The smallest absolute Gasteiger partial charge is 0.410 e. The number of likely N-dealkylation sites (tertiary alicyclic amines) is 1. The molecule has 1 amide bonds. The normalized spacial score (nSPS) is 15.5. The van der Waals surface area contributed by atoms with Crippen LogP contribution >= 0.6 is 0 Å². The zero-order valence-corrected chi connectivity index (χ0v) is 22.8. The highest BCUT2D eigenvalue weighted by Gasteiger charge is 2.27. The van der Waals surface area contributed by atoms with Crippen LogP contribution in [-0.2, 0) is 4.74 Å². The number of carbonyl (C=O) groups is 2. The molecule has 39 heavy (non-hydrogen) atoms. The predicted molar refractivity (Wildman–Crippen MR) is 149 cm³/mol. The molecule has 0 saturated carbocycles. The first kappa shape index (κ1) is 28.0. The molecule has 3 N–H and O–H groups in total. The molecule has 206 valence electrons. The summed E-state index contributed by atoms with van der Waals surface area (Å²) in [6, 6.07) is 13.6. The Balaban J connectivity index is 1.28. The van der Waals surface area contributed by atoms with E-state index in [1.54, 1.807) is 60.5 Å². The minimum absolute atomic E-state index is 0.0343. The van der Waals surface area contributed by atoms with Gasteiger partial charge in [-0.2, -0.15) is 4.98 Å². The Labute approximate surface area is 228 Å². The fraction of sp³-hybridized carbons (Fsp3) is 0.379. The van der Waals surface area contributed by atoms with Crippen LogP contribution in [0.4, 0.5) is 32.3 Å². The Kier molecular flexibility index (Phi) is 8.75. The van der Waals surface area contributed by atoms with Crippen LogP contribution < -0.4 is 16.0 Å². The van der Waals surface area contributed by atoms with Gasteiger partial charge in [0.15, 0.2) is 5.78 Å². The average Bonchev–Trinajstić information content (AvgIpc) is 2.89. The van der Waals surface area contributed by atoms with Gasteiger partial charge in [-0.25, -0.2) is 14.2 Å². The number of nitrogens with zero attached hydrogens (tertiary/aromatic N) is 3. The molecule has 1 unspecified atom stereocenters. The number of aryl methyl sites for hydroxylation is 1. The molecule has 10 heteroatoms. The van der Waals surface area contributed by atoms with Crippen LogP contribution in [0.25, 0.3) is 0 Å². The van der Waals surface area contributed by atoms with E-state index in [9.17, 15) is 14.0 Å². The molecular formula is C29H35FN6O3. The van der Waals surface area contributed by atoms with Crippen LogP contribution in [0.3, 0.4) is 0 Å². The van der Waals surface area contributed by atoms with Crippen molar-refractivity contribution in [3.8, 4) is 0 Å². The van der Waals surface area contributed by atoms with Crippen LogP contribution in [0.5, 0.6) is 0 Å². The number of halogens is 1. The number of Topliss-reactive ketones (excluding diaryl/α,β-unsaturated/α-hetero) is 1. The van der Waals surface area contributed by atoms with Gasteiger partial charge >= 0.3 is 6.09 Å². The number of hydrogen-bond donors (Lipinski definition) is 3. The number of rotatable bonds is 8. The fourth-order valence-corrected chi connectivity index (χ4v) is 4.20. The number of ketones is 1. The second-order valence-electron chi connectivity index (χ2n) is 10.6. The number of nitrogens with one attached hydrogen (secondary N) is 3. The molecule has 1 fully saturated rings. The summed E-state index contributed by atoms with van der Waals surface area (Å²) in [7, 11) is 0. The number of ether oxygens (including phenoxy) is 1. The molecule has 1 aliphatic heterocycles. The summed E-state index contributed by atoms with van der Waals surface area (Å²) in [5.74, 6) is 0.644. The Bertz CT molecular complexity index is 1310. The third-order valence-corrected chi connectivity index (χ3v) is 6.17. The fourth-order valence-electron chi connectivity index (χ4n) is 4.20. The lowest BCUT2D eigenvalue weighted by Gasteiger charge is -2.34. The third kappa shape index (κ3) is 8.22. The maximum atomic E-state index is 13.5. The van der Waals surface area contributed by atoms with E-state index in [1.165, 1.54) is 6.07 Å². The van der Waals surface area contributed by atoms with E-state index in [0.29, 0.717) is 36.0 Å². The Morgan fingerprint density at radius 3 is 2.54 bits per heavy atom. The molecule has 3 aromatic rings. The number of benzene rings is 2.